The fraction of sp³-hybridized carbons (Fsp3) is 0.312. The minimum absolute atomic E-state index is 0.0813. The van der Waals surface area contributed by atoms with Gasteiger partial charge in [0.25, 0.3) is 0 Å². The van der Waals surface area contributed by atoms with Gasteiger partial charge in [0.15, 0.2) is 0 Å². The van der Waals surface area contributed by atoms with Crippen LogP contribution in [0.5, 0.6) is 0 Å². The number of aryl methyl sites for hydroxylation is 1. The number of rotatable bonds is 5. The second-order valence-electron chi connectivity index (χ2n) is 4.79. The van der Waals surface area contributed by atoms with Gasteiger partial charge in [0.05, 0.1) is 16.1 Å². The molecular formula is C16H18Cl2N2. The number of hydrogen-bond donors (Lipinski definition) is 1. The summed E-state index contributed by atoms with van der Waals surface area (Å²) in [4.78, 5) is 4.37. The van der Waals surface area contributed by atoms with Gasteiger partial charge in [-0.15, -0.1) is 0 Å². The molecule has 1 heterocycles. The lowest BCUT2D eigenvalue weighted by atomic mass is 10.00. The number of halogens is 2. The van der Waals surface area contributed by atoms with Gasteiger partial charge in [-0.05, 0) is 49.2 Å². The molecule has 1 aromatic heterocycles. The van der Waals surface area contributed by atoms with Gasteiger partial charge >= 0.3 is 0 Å². The Morgan fingerprint density at radius 3 is 2.45 bits per heavy atom. The molecule has 1 aromatic carbocycles. The van der Waals surface area contributed by atoms with Gasteiger partial charge in [0.1, 0.15) is 0 Å². The number of aromatic nitrogens is 1. The fourth-order valence-corrected chi connectivity index (χ4v) is 2.37. The van der Waals surface area contributed by atoms with Crippen LogP contribution in [0.15, 0.2) is 36.5 Å². The van der Waals surface area contributed by atoms with E-state index in [2.05, 4.69) is 23.3 Å². The van der Waals surface area contributed by atoms with Crippen molar-refractivity contribution in [1.29, 1.82) is 0 Å². The van der Waals surface area contributed by atoms with Gasteiger partial charge in [-0.25, -0.2) is 0 Å². The van der Waals surface area contributed by atoms with E-state index in [9.17, 15) is 0 Å². The van der Waals surface area contributed by atoms with Crippen LogP contribution in [-0.2, 0) is 0 Å². The Morgan fingerprint density at radius 2 is 1.85 bits per heavy atom. The van der Waals surface area contributed by atoms with Crippen molar-refractivity contribution in [3.8, 4) is 0 Å². The minimum atomic E-state index is 0.0813. The molecule has 1 N–H and O–H groups in total. The summed E-state index contributed by atoms with van der Waals surface area (Å²) in [6.45, 7) is 5.06. The van der Waals surface area contributed by atoms with Gasteiger partial charge in [-0.3, -0.25) is 4.98 Å². The molecule has 0 radical (unpaired) electrons. The molecule has 0 bridgehead atoms. The first-order valence-electron chi connectivity index (χ1n) is 6.72. The van der Waals surface area contributed by atoms with E-state index in [4.69, 9.17) is 23.2 Å². The Hall–Kier alpha value is -1.09. The number of benzene rings is 1. The highest BCUT2D eigenvalue weighted by Gasteiger charge is 2.14. The molecule has 1 unspecified atom stereocenters. The van der Waals surface area contributed by atoms with Crippen molar-refractivity contribution in [2.75, 3.05) is 6.54 Å². The van der Waals surface area contributed by atoms with Gasteiger partial charge in [-0.2, -0.15) is 0 Å². The van der Waals surface area contributed by atoms with Gasteiger partial charge < -0.3 is 5.32 Å². The van der Waals surface area contributed by atoms with Crippen LogP contribution in [0.1, 0.15) is 36.2 Å². The van der Waals surface area contributed by atoms with E-state index < -0.39 is 0 Å². The summed E-state index contributed by atoms with van der Waals surface area (Å²) in [6.07, 6.45) is 2.97. The third-order valence-corrected chi connectivity index (χ3v) is 3.88. The van der Waals surface area contributed by atoms with E-state index in [0.717, 1.165) is 29.8 Å². The summed E-state index contributed by atoms with van der Waals surface area (Å²) < 4.78 is 0. The monoisotopic (exact) mass is 308 g/mol. The SMILES string of the molecule is CCCNC(c1ccc(C)nc1)c1ccc(Cl)c(Cl)c1. The maximum Gasteiger partial charge on any atom is 0.0595 e. The highest BCUT2D eigenvalue weighted by atomic mass is 35.5. The van der Waals surface area contributed by atoms with Crippen LogP contribution >= 0.6 is 23.2 Å². The zero-order valence-electron chi connectivity index (χ0n) is 11.7. The topological polar surface area (TPSA) is 24.9 Å². The zero-order chi connectivity index (χ0) is 14.5. The van der Waals surface area contributed by atoms with Crippen LogP contribution in [0.2, 0.25) is 10.0 Å². The smallest absolute Gasteiger partial charge is 0.0595 e. The standard InChI is InChI=1S/C16H18Cl2N2/c1-3-8-19-16(13-5-4-11(2)20-10-13)12-6-7-14(17)15(18)9-12/h4-7,9-10,16,19H,3,8H2,1-2H3. The lowest BCUT2D eigenvalue weighted by Gasteiger charge is -2.20. The molecule has 0 aliphatic heterocycles. The Morgan fingerprint density at radius 1 is 1.10 bits per heavy atom. The molecule has 0 saturated carbocycles. The van der Waals surface area contributed by atoms with Crippen LogP contribution in [-0.4, -0.2) is 11.5 Å². The lowest BCUT2D eigenvalue weighted by Crippen LogP contribution is -2.23. The average molecular weight is 309 g/mol. The summed E-state index contributed by atoms with van der Waals surface area (Å²) >= 11 is 12.1. The predicted molar refractivity (Wildman–Crippen MR) is 85.6 cm³/mol. The van der Waals surface area contributed by atoms with Crippen molar-refractivity contribution in [2.24, 2.45) is 0 Å². The molecule has 2 rings (SSSR count). The maximum absolute atomic E-state index is 6.13. The Kier molecular flexibility index (Phi) is 5.41. The van der Waals surface area contributed by atoms with Crippen molar-refractivity contribution in [3.05, 3.63) is 63.4 Å². The summed E-state index contributed by atoms with van der Waals surface area (Å²) in [6, 6.07) is 9.95. The van der Waals surface area contributed by atoms with E-state index in [1.54, 1.807) is 0 Å². The molecule has 2 aromatic rings. The van der Waals surface area contributed by atoms with Crippen LogP contribution in [0.4, 0.5) is 0 Å². The minimum Gasteiger partial charge on any atom is -0.306 e. The van der Waals surface area contributed by atoms with E-state index in [0.29, 0.717) is 10.0 Å². The van der Waals surface area contributed by atoms with Crippen molar-refractivity contribution in [3.63, 3.8) is 0 Å². The second-order valence-corrected chi connectivity index (χ2v) is 5.61. The van der Waals surface area contributed by atoms with Crippen LogP contribution in [0, 0.1) is 6.92 Å². The molecule has 0 amide bonds. The maximum atomic E-state index is 6.13. The van der Waals surface area contributed by atoms with Crippen molar-refractivity contribution in [2.45, 2.75) is 26.3 Å². The Bertz CT molecular complexity index is 567. The molecule has 1 atom stereocenters. The molecule has 2 nitrogen and oxygen atoms in total. The van der Waals surface area contributed by atoms with Crippen LogP contribution in [0.3, 0.4) is 0 Å². The molecular weight excluding hydrogens is 291 g/mol. The highest BCUT2D eigenvalue weighted by molar-refractivity contribution is 6.42. The first-order chi connectivity index (χ1) is 9.61. The van der Waals surface area contributed by atoms with Gasteiger partial charge in [0, 0.05) is 11.9 Å². The first-order valence-corrected chi connectivity index (χ1v) is 7.48. The number of hydrogen-bond acceptors (Lipinski definition) is 2. The quantitative estimate of drug-likeness (QED) is 0.859. The van der Waals surface area contributed by atoms with Crippen molar-refractivity contribution < 1.29 is 0 Å². The second kappa shape index (κ2) is 7.07. The molecule has 4 heteroatoms. The number of nitrogens with zero attached hydrogens (tertiary/aromatic N) is 1. The molecule has 20 heavy (non-hydrogen) atoms. The third-order valence-electron chi connectivity index (χ3n) is 3.14. The van der Waals surface area contributed by atoms with E-state index in [1.165, 1.54) is 0 Å². The molecule has 0 aliphatic rings. The summed E-state index contributed by atoms with van der Waals surface area (Å²) in [5.41, 5.74) is 3.23. The molecule has 0 spiro atoms. The number of nitrogens with one attached hydrogen (secondary N) is 1. The van der Waals surface area contributed by atoms with Gasteiger partial charge in [-0.1, -0.05) is 42.3 Å². The summed E-state index contributed by atoms with van der Waals surface area (Å²) in [7, 11) is 0. The number of pyridine rings is 1. The molecule has 106 valence electrons. The zero-order valence-corrected chi connectivity index (χ0v) is 13.2. The first kappa shape index (κ1) is 15.3. The normalized spacial score (nSPS) is 12.4. The largest absolute Gasteiger partial charge is 0.306 e. The lowest BCUT2D eigenvalue weighted by molar-refractivity contribution is 0.597. The third kappa shape index (κ3) is 3.72. The van der Waals surface area contributed by atoms with Gasteiger partial charge in [0.2, 0.25) is 0 Å². The Balaban J connectivity index is 2.35. The van der Waals surface area contributed by atoms with Crippen LogP contribution in [0.25, 0.3) is 0 Å². The summed E-state index contributed by atoms with van der Waals surface area (Å²) in [5, 5.41) is 4.68. The highest BCUT2D eigenvalue weighted by Crippen LogP contribution is 2.28. The van der Waals surface area contributed by atoms with Crippen LogP contribution < -0.4 is 5.32 Å². The Labute approximate surface area is 130 Å². The predicted octanol–water partition coefficient (Wildman–Crippen LogP) is 4.79. The fourth-order valence-electron chi connectivity index (χ4n) is 2.06. The van der Waals surface area contributed by atoms with E-state index >= 15 is 0 Å². The average Bonchev–Trinajstić information content (AvgIpc) is 2.45. The van der Waals surface area contributed by atoms with E-state index in [1.807, 2.05) is 37.4 Å². The summed E-state index contributed by atoms with van der Waals surface area (Å²) in [5.74, 6) is 0. The van der Waals surface area contributed by atoms with Crippen molar-refractivity contribution in [1.82, 2.24) is 10.3 Å². The van der Waals surface area contributed by atoms with E-state index in [-0.39, 0.29) is 6.04 Å². The molecule has 0 fully saturated rings. The molecule has 0 saturated heterocycles. The molecule has 0 aliphatic carbocycles. The van der Waals surface area contributed by atoms with Crippen molar-refractivity contribution >= 4 is 23.2 Å².